The van der Waals surface area contributed by atoms with Gasteiger partial charge < -0.3 is 15.2 Å². The van der Waals surface area contributed by atoms with Crippen LogP contribution in [-0.2, 0) is 36.5 Å². The van der Waals surface area contributed by atoms with Crippen molar-refractivity contribution >= 4 is 44.3 Å². The molecular formula is C60H63N3. The Kier molecular flexibility index (Phi) is 10.7. The zero-order valence-corrected chi connectivity index (χ0v) is 38.8. The number of aromatic nitrogens is 1. The first-order valence-electron chi connectivity index (χ1n) is 23.1. The summed E-state index contributed by atoms with van der Waals surface area (Å²) in [5.74, 6) is 0. The average molecular weight is 826 g/mol. The second-order valence-corrected chi connectivity index (χ2v) is 19.7. The number of nitrogens with two attached hydrogens (primary N) is 1. The van der Waals surface area contributed by atoms with Crippen LogP contribution in [0.4, 0.5) is 5.69 Å². The predicted molar refractivity (Wildman–Crippen MR) is 274 cm³/mol. The normalized spacial score (nSPS) is 16.8. The van der Waals surface area contributed by atoms with E-state index in [0.717, 1.165) is 61.1 Å². The van der Waals surface area contributed by atoms with E-state index in [2.05, 4.69) is 181 Å². The fourth-order valence-corrected chi connectivity index (χ4v) is 10.4. The first kappa shape index (κ1) is 42.0. The lowest BCUT2D eigenvalue weighted by atomic mass is 9.72. The Bertz CT molecular complexity index is 2990. The number of hydrogen-bond acceptors (Lipinski definition) is 2. The zero-order chi connectivity index (χ0) is 44.4. The van der Waals surface area contributed by atoms with Crippen LogP contribution in [0.2, 0.25) is 0 Å². The molecule has 0 bridgehead atoms. The molecule has 63 heavy (non-hydrogen) atoms. The second kappa shape index (κ2) is 16.1. The first-order chi connectivity index (χ1) is 30.2. The van der Waals surface area contributed by atoms with Gasteiger partial charge in [-0.3, -0.25) is 0 Å². The van der Waals surface area contributed by atoms with Crippen LogP contribution in [-0.4, -0.2) is 4.57 Å². The highest BCUT2D eigenvalue weighted by molar-refractivity contribution is 6.15. The van der Waals surface area contributed by atoms with Gasteiger partial charge in [0, 0.05) is 33.9 Å². The summed E-state index contributed by atoms with van der Waals surface area (Å²) in [6.07, 6.45) is 22.8. The van der Waals surface area contributed by atoms with Gasteiger partial charge in [0.15, 0.2) is 0 Å². The van der Waals surface area contributed by atoms with Crippen molar-refractivity contribution in [3.05, 3.63) is 191 Å². The molecule has 9 rings (SSSR count). The minimum absolute atomic E-state index is 0.0851. The minimum Gasteiger partial charge on any atom is -0.405 e. The Balaban J connectivity index is 1.27. The highest BCUT2D eigenvalue weighted by Gasteiger charge is 2.34. The Morgan fingerprint density at radius 1 is 0.683 bits per heavy atom. The number of aryl methyl sites for hydroxylation is 3. The van der Waals surface area contributed by atoms with E-state index >= 15 is 0 Å². The van der Waals surface area contributed by atoms with Crippen molar-refractivity contribution in [1.29, 1.82) is 0 Å². The maximum atomic E-state index is 6.21. The second-order valence-electron chi connectivity index (χ2n) is 19.7. The fourth-order valence-electron chi connectivity index (χ4n) is 10.4. The molecule has 318 valence electrons. The number of benzene rings is 5. The van der Waals surface area contributed by atoms with Gasteiger partial charge >= 0.3 is 0 Å². The van der Waals surface area contributed by atoms with Gasteiger partial charge in [-0.25, -0.2) is 0 Å². The van der Waals surface area contributed by atoms with Gasteiger partial charge in [-0.15, -0.1) is 0 Å². The molecule has 1 aliphatic heterocycles. The summed E-state index contributed by atoms with van der Waals surface area (Å²) < 4.78 is 2.52. The molecule has 1 aromatic heterocycles. The van der Waals surface area contributed by atoms with Crippen molar-refractivity contribution in [3.8, 4) is 22.3 Å². The number of hydrogen-bond donors (Lipinski definition) is 1. The Morgan fingerprint density at radius 3 is 1.89 bits per heavy atom. The van der Waals surface area contributed by atoms with Crippen LogP contribution in [0.1, 0.15) is 113 Å². The predicted octanol–water partition coefficient (Wildman–Crippen LogP) is 15.6. The summed E-state index contributed by atoms with van der Waals surface area (Å²) in [7, 11) is 0. The van der Waals surface area contributed by atoms with E-state index in [-0.39, 0.29) is 10.8 Å². The molecule has 0 radical (unpaired) electrons. The third-order valence-corrected chi connectivity index (χ3v) is 13.6. The lowest BCUT2D eigenvalue weighted by Crippen LogP contribution is -2.23. The summed E-state index contributed by atoms with van der Waals surface area (Å²) in [6.45, 7) is 27.2. The van der Waals surface area contributed by atoms with E-state index in [1.807, 2.05) is 12.2 Å². The first-order valence-corrected chi connectivity index (χ1v) is 23.1. The number of rotatable bonds is 8. The smallest absolute Gasteiger partial charge is 0.0579 e. The number of nitrogens with zero attached hydrogens (tertiary/aromatic N) is 2. The standard InChI is InChI=1S/C60H63N3/c1-11-14-47(13-3)63-54-29-22-41(39-16-23-45(24-17-39)59(5,6)7)35-52(54)53-37-44-20-27-49-55-43(21-28-50(56(44)55)58(53)63)36-51-38(4)34-42(40-18-25-46(26-19-40)60(8,9)10)31-33-62(57(49)51)48(15-12-2)30-32-61/h13-19,22-26,29-37H,3-4,11-12,20-21,27-28,61H2,1-2,5-10H3/b32-30-,33-31-,42-34+,47-14+,48-15+. The SMILES string of the molecule is C=C/C(=C\CC)n1c2ccc(-c3ccc(C(C)(C)C)cc3)cc2c2cc3c4c(c21)CCc1cc2c(c(c1-4)CC3)N(C(/C=C\N)=C/CC)/C=C\C(c1ccc(C(C)(C)C)cc1)=C/C2=C. The highest BCUT2D eigenvalue weighted by atomic mass is 15.1. The summed E-state index contributed by atoms with van der Waals surface area (Å²) in [5, 5.41) is 2.63. The number of allylic oxidation sites excluding steroid dienone is 9. The minimum atomic E-state index is 0.0851. The highest BCUT2D eigenvalue weighted by Crippen LogP contribution is 2.53. The molecule has 0 unspecified atom stereocenters. The Morgan fingerprint density at radius 2 is 1.27 bits per heavy atom. The lowest BCUT2D eigenvalue weighted by molar-refractivity contribution is 0.590. The molecule has 0 saturated heterocycles. The van der Waals surface area contributed by atoms with Crippen molar-refractivity contribution < 1.29 is 0 Å². The van der Waals surface area contributed by atoms with Gasteiger partial charge in [-0.05, 0) is 176 Å². The van der Waals surface area contributed by atoms with Gasteiger partial charge in [0.2, 0.25) is 0 Å². The van der Waals surface area contributed by atoms with Crippen LogP contribution in [0.5, 0.6) is 0 Å². The molecule has 0 amide bonds. The summed E-state index contributed by atoms with van der Waals surface area (Å²) in [5.41, 5.74) is 30.6. The molecule has 0 spiro atoms. The quantitative estimate of drug-likeness (QED) is 0.155. The average Bonchev–Trinajstić information content (AvgIpc) is 3.59. The summed E-state index contributed by atoms with van der Waals surface area (Å²) >= 11 is 0. The summed E-state index contributed by atoms with van der Waals surface area (Å²) in [4.78, 5) is 2.39. The van der Waals surface area contributed by atoms with Gasteiger partial charge in [-0.1, -0.05) is 135 Å². The van der Waals surface area contributed by atoms with Crippen LogP contribution < -0.4 is 10.6 Å². The molecule has 0 fully saturated rings. The maximum absolute atomic E-state index is 6.21. The largest absolute Gasteiger partial charge is 0.405 e. The Hall–Kier alpha value is -6.32. The molecule has 2 aliphatic carbocycles. The Labute approximate surface area is 376 Å². The molecule has 0 atom stereocenters. The molecule has 2 N–H and O–H groups in total. The van der Waals surface area contributed by atoms with Gasteiger partial charge in [0.05, 0.1) is 16.7 Å². The van der Waals surface area contributed by atoms with E-state index in [0.29, 0.717) is 0 Å². The van der Waals surface area contributed by atoms with Gasteiger partial charge in [-0.2, -0.15) is 0 Å². The van der Waals surface area contributed by atoms with Crippen molar-refractivity contribution in [3.63, 3.8) is 0 Å². The fraction of sp³-hybridized carbons (Fsp3) is 0.267. The molecular weight excluding hydrogens is 763 g/mol. The van der Waals surface area contributed by atoms with Crippen LogP contribution in [0.3, 0.4) is 0 Å². The van der Waals surface area contributed by atoms with E-state index in [9.17, 15) is 0 Å². The van der Waals surface area contributed by atoms with E-state index in [1.165, 1.54) is 94.3 Å². The number of anilines is 1. The lowest BCUT2D eigenvalue weighted by Gasteiger charge is -2.36. The van der Waals surface area contributed by atoms with E-state index < -0.39 is 0 Å². The molecule has 3 heteroatoms. The van der Waals surface area contributed by atoms with Gasteiger partial charge in [0.25, 0.3) is 0 Å². The molecule has 2 heterocycles. The third-order valence-electron chi connectivity index (χ3n) is 13.6. The van der Waals surface area contributed by atoms with E-state index in [4.69, 9.17) is 12.3 Å². The van der Waals surface area contributed by atoms with Crippen LogP contribution in [0, 0.1) is 0 Å². The van der Waals surface area contributed by atoms with Crippen molar-refractivity contribution in [2.24, 2.45) is 5.73 Å². The van der Waals surface area contributed by atoms with Crippen molar-refractivity contribution in [2.75, 3.05) is 4.90 Å². The molecule has 3 nitrogen and oxygen atoms in total. The molecule has 3 aliphatic rings. The van der Waals surface area contributed by atoms with Crippen molar-refractivity contribution in [2.45, 2.75) is 105 Å². The van der Waals surface area contributed by atoms with Crippen LogP contribution in [0.15, 0.2) is 147 Å². The molecule has 0 saturated carbocycles. The number of fused-ring (bicyclic) bond motifs is 6. The molecule has 5 aromatic carbocycles. The van der Waals surface area contributed by atoms with Gasteiger partial charge in [0.1, 0.15) is 0 Å². The van der Waals surface area contributed by atoms with E-state index in [1.54, 1.807) is 6.20 Å². The monoisotopic (exact) mass is 826 g/mol. The van der Waals surface area contributed by atoms with Crippen molar-refractivity contribution in [1.82, 2.24) is 4.57 Å². The zero-order valence-electron chi connectivity index (χ0n) is 38.8. The molecule has 6 aromatic rings. The van der Waals surface area contributed by atoms with Crippen LogP contribution >= 0.6 is 0 Å². The topological polar surface area (TPSA) is 34.2 Å². The third kappa shape index (κ3) is 7.26. The van der Waals surface area contributed by atoms with Crippen LogP contribution in [0.25, 0.3) is 60.9 Å². The summed E-state index contributed by atoms with van der Waals surface area (Å²) in [6, 6.07) is 30.3. The maximum Gasteiger partial charge on any atom is 0.0579 e.